The molecule has 0 spiro atoms. The molecule has 1 aliphatic rings. The highest BCUT2D eigenvalue weighted by Crippen LogP contribution is 2.30. The maximum atomic E-state index is 13.9. The van der Waals surface area contributed by atoms with Crippen molar-refractivity contribution < 1.29 is 18.4 Å². The lowest BCUT2D eigenvalue weighted by Gasteiger charge is -2.16. The molecule has 150 valence electrons. The van der Waals surface area contributed by atoms with Crippen molar-refractivity contribution in [1.29, 1.82) is 0 Å². The van der Waals surface area contributed by atoms with Crippen LogP contribution in [-0.2, 0) is 17.8 Å². The summed E-state index contributed by atoms with van der Waals surface area (Å²) in [5.41, 5.74) is 2.86. The number of ether oxygens (including phenoxy) is 1. The molecule has 6 nitrogen and oxygen atoms in total. The van der Waals surface area contributed by atoms with Gasteiger partial charge in [-0.2, -0.15) is 4.98 Å². The summed E-state index contributed by atoms with van der Waals surface area (Å²) >= 11 is 0. The van der Waals surface area contributed by atoms with Crippen LogP contribution in [0.4, 0.5) is 4.39 Å². The molecule has 2 aromatic carbocycles. The quantitative estimate of drug-likeness (QED) is 0.632. The zero-order valence-electron chi connectivity index (χ0n) is 16.4. The second-order valence-electron chi connectivity index (χ2n) is 7.15. The highest BCUT2D eigenvalue weighted by molar-refractivity contribution is 5.79. The molecule has 1 unspecified atom stereocenters. The third kappa shape index (κ3) is 3.99. The zero-order valence-corrected chi connectivity index (χ0v) is 16.4. The Bertz CT molecular complexity index is 1020. The summed E-state index contributed by atoms with van der Waals surface area (Å²) in [5, 5.41) is 3.96. The van der Waals surface area contributed by atoms with E-state index in [4.69, 9.17) is 9.26 Å². The molecule has 1 aromatic heterocycles. The van der Waals surface area contributed by atoms with Gasteiger partial charge in [-0.3, -0.25) is 4.79 Å². The first-order chi connectivity index (χ1) is 14.1. The number of hydrogen-bond acceptors (Lipinski definition) is 5. The lowest BCUT2D eigenvalue weighted by Crippen LogP contribution is -2.24. The second kappa shape index (κ2) is 8.03. The summed E-state index contributed by atoms with van der Waals surface area (Å²) in [4.78, 5) is 18.7. The highest BCUT2D eigenvalue weighted by Gasteiger charge is 2.34. The first-order valence-corrected chi connectivity index (χ1v) is 9.60. The molecule has 0 saturated carbocycles. The number of hydrogen-bond donors (Lipinski definition) is 0. The Labute approximate surface area is 168 Å². The maximum absolute atomic E-state index is 13.9. The van der Waals surface area contributed by atoms with Crippen molar-refractivity contribution in [2.75, 3.05) is 13.7 Å². The van der Waals surface area contributed by atoms with E-state index in [1.807, 2.05) is 4.90 Å². The van der Waals surface area contributed by atoms with E-state index in [2.05, 4.69) is 41.3 Å². The number of amides is 1. The van der Waals surface area contributed by atoms with Crippen LogP contribution in [0.5, 0.6) is 5.75 Å². The second-order valence-corrected chi connectivity index (χ2v) is 7.15. The van der Waals surface area contributed by atoms with Crippen molar-refractivity contribution in [2.45, 2.75) is 32.2 Å². The largest absolute Gasteiger partial charge is 0.494 e. The van der Waals surface area contributed by atoms with Gasteiger partial charge in [0.1, 0.15) is 0 Å². The Kier molecular flexibility index (Phi) is 5.29. The summed E-state index contributed by atoms with van der Waals surface area (Å²) < 4.78 is 24.2. The molecule has 0 bridgehead atoms. The fourth-order valence-corrected chi connectivity index (χ4v) is 3.51. The number of carbonyl (C=O) groups excluding carboxylic acids is 1. The van der Waals surface area contributed by atoms with Gasteiger partial charge in [0, 0.05) is 25.1 Å². The van der Waals surface area contributed by atoms with Crippen LogP contribution in [-0.4, -0.2) is 34.6 Å². The monoisotopic (exact) mass is 395 g/mol. The van der Waals surface area contributed by atoms with E-state index in [0.29, 0.717) is 36.8 Å². The third-order valence-corrected chi connectivity index (χ3v) is 5.22. The molecule has 3 aromatic rings. The van der Waals surface area contributed by atoms with E-state index in [1.54, 1.807) is 6.07 Å². The molecule has 2 heterocycles. The summed E-state index contributed by atoms with van der Waals surface area (Å²) in [5.74, 6) is 0.247. The molecular weight excluding hydrogens is 373 g/mol. The van der Waals surface area contributed by atoms with Crippen molar-refractivity contribution in [3.8, 4) is 17.1 Å². The topological polar surface area (TPSA) is 68.5 Å². The number of likely N-dealkylation sites (tertiary alicyclic amines) is 1. The van der Waals surface area contributed by atoms with Gasteiger partial charge in [0.05, 0.1) is 13.0 Å². The standard InChI is InChI=1S/C22H22FN3O3/c1-3-14-4-6-15(7-5-14)12-26-13-17(11-20(26)27)22-24-21(25-29-22)16-8-9-19(28-2)18(23)10-16/h4-10,17H,3,11-13H2,1-2H3. The number of carbonyl (C=O) groups is 1. The van der Waals surface area contributed by atoms with E-state index in [-0.39, 0.29) is 17.6 Å². The van der Waals surface area contributed by atoms with Crippen molar-refractivity contribution in [2.24, 2.45) is 0 Å². The Hall–Kier alpha value is -3.22. The van der Waals surface area contributed by atoms with E-state index in [0.717, 1.165) is 12.0 Å². The van der Waals surface area contributed by atoms with Crippen LogP contribution in [0.2, 0.25) is 0 Å². The van der Waals surface area contributed by atoms with Crippen LogP contribution in [0.25, 0.3) is 11.4 Å². The number of methoxy groups -OCH3 is 1. The Morgan fingerprint density at radius 1 is 1.21 bits per heavy atom. The molecule has 1 atom stereocenters. The lowest BCUT2D eigenvalue weighted by atomic mass is 10.1. The maximum Gasteiger partial charge on any atom is 0.232 e. The van der Waals surface area contributed by atoms with Crippen LogP contribution in [0.15, 0.2) is 47.0 Å². The summed E-state index contributed by atoms with van der Waals surface area (Å²) in [6.07, 6.45) is 1.31. The summed E-state index contributed by atoms with van der Waals surface area (Å²) in [6, 6.07) is 12.8. The molecule has 1 amide bonds. The van der Waals surface area contributed by atoms with Gasteiger partial charge in [-0.05, 0) is 35.7 Å². The van der Waals surface area contributed by atoms with Gasteiger partial charge in [0.15, 0.2) is 11.6 Å². The van der Waals surface area contributed by atoms with Gasteiger partial charge in [-0.15, -0.1) is 0 Å². The molecule has 1 fully saturated rings. The summed E-state index contributed by atoms with van der Waals surface area (Å²) in [6.45, 7) is 3.19. The SMILES string of the molecule is CCc1ccc(CN2CC(c3nc(-c4ccc(OC)c(F)c4)no3)CC2=O)cc1. The average molecular weight is 395 g/mol. The van der Waals surface area contributed by atoms with Gasteiger partial charge in [-0.1, -0.05) is 36.3 Å². The lowest BCUT2D eigenvalue weighted by molar-refractivity contribution is -0.128. The average Bonchev–Trinajstić information content (AvgIpc) is 3.36. The number of benzene rings is 2. The van der Waals surface area contributed by atoms with Gasteiger partial charge in [0.25, 0.3) is 0 Å². The molecular formula is C22H22FN3O3. The normalized spacial score (nSPS) is 16.4. The minimum atomic E-state index is -0.493. The Morgan fingerprint density at radius 2 is 1.97 bits per heavy atom. The minimum Gasteiger partial charge on any atom is -0.494 e. The first-order valence-electron chi connectivity index (χ1n) is 9.60. The first kappa shape index (κ1) is 19.1. The van der Waals surface area contributed by atoms with Gasteiger partial charge >= 0.3 is 0 Å². The predicted molar refractivity (Wildman–Crippen MR) is 105 cm³/mol. The fraction of sp³-hybridized carbons (Fsp3) is 0.318. The molecule has 0 aliphatic carbocycles. The van der Waals surface area contributed by atoms with Crippen LogP contribution in [0, 0.1) is 5.82 Å². The number of nitrogens with zero attached hydrogens (tertiary/aromatic N) is 3. The highest BCUT2D eigenvalue weighted by atomic mass is 19.1. The van der Waals surface area contributed by atoms with Crippen molar-refractivity contribution in [1.82, 2.24) is 15.0 Å². The van der Waals surface area contributed by atoms with Crippen molar-refractivity contribution >= 4 is 5.91 Å². The number of aryl methyl sites for hydroxylation is 1. The van der Waals surface area contributed by atoms with Crippen LogP contribution in [0.1, 0.15) is 36.3 Å². The molecule has 0 N–H and O–H groups in total. The predicted octanol–water partition coefficient (Wildman–Crippen LogP) is 3.96. The molecule has 4 rings (SSSR count). The Balaban J connectivity index is 1.46. The third-order valence-electron chi connectivity index (χ3n) is 5.22. The minimum absolute atomic E-state index is 0.0600. The molecule has 29 heavy (non-hydrogen) atoms. The van der Waals surface area contributed by atoms with E-state index in [1.165, 1.54) is 24.8 Å². The van der Waals surface area contributed by atoms with E-state index < -0.39 is 5.82 Å². The molecule has 7 heteroatoms. The van der Waals surface area contributed by atoms with Crippen LogP contribution in [0.3, 0.4) is 0 Å². The van der Waals surface area contributed by atoms with E-state index in [9.17, 15) is 9.18 Å². The number of halogens is 1. The Morgan fingerprint density at radius 3 is 2.66 bits per heavy atom. The van der Waals surface area contributed by atoms with Gasteiger partial charge in [0.2, 0.25) is 17.6 Å². The smallest absolute Gasteiger partial charge is 0.232 e. The van der Waals surface area contributed by atoms with Crippen LogP contribution >= 0.6 is 0 Å². The molecule has 0 radical (unpaired) electrons. The number of rotatable bonds is 6. The molecule has 1 aliphatic heterocycles. The summed E-state index contributed by atoms with van der Waals surface area (Å²) in [7, 11) is 1.41. The fourth-order valence-electron chi connectivity index (χ4n) is 3.51. The number of aromatic nitrogens is 2. The molecule has 1 saturated heterocycles. The van der Waals surface area contributed by atoms with Gasteiger partial charge in [-0.25, -0.2) is 4.39 Å². The van der Waals surface area contributed by atoms with E-state index >= 15 is 0 Å². The van der Waals surface area contributed by atoms with Crippen molar-refractivity contribution in [3.63, 3.8) is 0 Å². The zero-order chi connectivity index (χ0) is 20.4. The van der Waals surface area contributed by atoms with Crippen LogP contribution < -0.4 is 4.74 Å². The van der Waals surface area contributed by atoms with Crippen molar-refractivity contribution in [3.05, 3.63) is 65.3 Å². The van der Waals surface area contributed by atoms with Gasteiger partial charge < -0.3 is 14.2 Å².